The lowest BCUT2D eigenvalue weighted by atomic mass is 10.3. The van der Waals surface area contributed by atoms with Gasteiger partial charge in [0, 0.05) is 19.3 Å². The summed E-state index contributed by atoms with van der Waals surface area (Å²) in [7, 11) is 0. The highest BCUT2D eigenvalue weighted by Crippen LogP contribution is 1.82. The number of nitrogens with two attached hydrogens (primary N) is 1. The monoisotopic (exact) mass is 198 g/mol. The molecule has 1 rings (SSSR count). The number of hydrogen-bond acceptors (Lipinski definition) is 4. The van der Waals surface area contributed by atoms with Crippen LogP contribution in [0.25, 0.3) is 0 Å². The molecule has 0 saturated heterocycles. The quantitative estimate of drug-likeness (QED) is 0.438. The van der Waals surface area contributed by atoms with Crippen LogP contribution >= 0.6 is 0 Å². The Labute approximate surface area is 78.3 Å². The molecule has 76 valence electrons. The van der Waals surface area contributed by atoms with Gasteiger partial charge in [-0.1, -0.05) is 0 Å². The fourth-order valence-electron chi connectivity index (χ4n) is 0.859. The Morgan fingerprint density at radius 3 is 2.79 bits per heavy atom. The second-order valence-corrected chi connectivity index (χ2v) is 2.53. The molecule has 0 aromatic carbocycles. The van der Waals surface area contributed by atoms with Gasteiger partial charge in [-0.3, -0.25) is 14.6 Å². The van der Waals surface area contributed by atoms with E-state index in [1.807, 2.05) is 4.98 Å². The van der Waals surface area contributed by atoms with Crippen molar-refractivity contribution in [3.63, 3.8) is 0 Å². The minimum atomic E-state index is -0.719. The predicted octanol–water partition coefficient (Wildman–Crippen LogP) is -2.25. The molecule has 1 aromatic heterocycles. The SMILES string of the molecule is NCCNC(=O)c1c[nH]c(=O)[nH]c1=O. The third-order valence-corrected chi connectivity index (χ3v) is 1.49. The normalized spacial score (nSPS) is 9.79. The van der Waals surface area contributed by atoms with Gasteiger partial charge in [0.25, 0.3) is 11.5 Å². The highest BCUT2D eigenvalue weighted by atomic mass is 16.2. The predicted molar refractivity (Wildman–Crippen MR) is 49.1 cm³/mol. The molecule has 0 aliphatic heterocycles. The summed E-state index contributed by atoms with van der Waals surface area (Å²) in [5.41, 5.74) is 3.65. The minimum Gasteiger partial charge on any atom is -0.351 e. The van der Waals surface area contributed by atoms with Crippen molar-refractivity contribution in [1.82, 2.24) is 15.3 Å². The summed E-state index contributed by atoms with van der Waals surface area (Å²) in [6.45, 7) is 0.560. The van der Waals surface area contributed by atoms with Gasteiger partial charge in [-0.25, -0.2) is 4.79 Å². The van der Waals surface area contributed by atoms with Gasteiger partial charge in [0.05, 0.1) is 0 Å². The van der Waals surface area contributed by atoms with Crippen molar-refractivity contribution in [3.8, 4) is 0 Å². The number of H-pyrrole nitrogens is 2. The number of rotatable bonds is 3. The first-order valence-corrected chi connectivity index (χ1v) is 3.95. The molecular weight excluding hydrogens is 188 g/mol. The average Bonchev–Trinajstić information content (AvgIpc) is 2.14. The summed E-state index contributed by atoms with van der Waals surface area (Å²) < 4.78 is 0. The Hall–Kier alpha value is -1.89. The standard InChI is InChI=1S/C7H10N4O3/c8-1-2-9-5(12)4-3-10-7(14)11-6(4)13/h3H,1-2,8H2,(H,9,12)(H2,10,11,13,14). The number of nitrogens with one attached hydrogen (secondary N) is 3. The van der Waals surface area contributed by atoms with Crippen LogP contribution in [0.1, 0.15) is 10.4 Å². The van der Waals surface area contributed by atoms with Gasteiger partial charge in [0.2, 0.25) is 0 Å². The lowest BCUT2D eigenvalue weighted by Gasteiger charge is -2.00. The summed E-state index contributed by atoms with van der Waals surface area (Å²) in [4.78, 5) is 37.1. The Morgan fingerprint density at radius 1 is 1.50 bits per heavy atom. The second-order valence-electron chi connectivity index (χ2n) is 2.53. The van der Waals surface area contributed by atoms with E-state index < -0.39 is 17.2 Å². The van der Waals surface area contributed by atoms with E-state index in [2.05, 4.69) is 10.3 Å². The lowest BCUT2D eigenvalue weighted by Crippen LogP contribution is -2.35. The molecule has 0 fully saturated rings. The van der Waals surface area contributed by atoms with Crippen LogP contribution < -0.4 is 22.3 Å². The van der Waals surface area contributed by atoms with E-state index in [1.54, 1.807) is 0 Å². The molecule has 7 heteroatoms. The molecule has 14 heavy (non-hydrogen) atoms. The Bertz CT molecular complexity index is 433. The molecule has 5 N–H and O–H groups in total. The van der Waals surface area contributed by atoms with E-state index in [0.717, 1.165) is 6.20 Å². The molecule has 1 heterocycles. The third kappa shape index (κ3) is 2.30. The molecule has 7 nitrogen and oxygen atoms in total. The van der Waals surface area contributed by atoms with Crippen LogP contribution in [0.4, 0.5) is 0 Å². The average molecular weight is 198 g/mol. The molecule has 0 aliphatic rings. The van der Waals surface area contributed by atoms with Crippen molar-refractivity contribution in [2.45, 2.75) is 0 Å². The van der Waals surface area contributed by atoms with Gasteiger partial charge in [-0.2, -0.15) is 0 Å². The zero-order valence-electron chi connectivity index (χ0n) is 7.29. The molecule has 0 bridgehead atoms. The summed E-state index contributed by atoms with van der Waals surface area (Å²) in [5, 5.41) is 2.40. The lowest BCUT2D eigenvalue weighted by molar-refractivity contribution is 0.0952. The molecule has 0 radical (unpaired) electrons. The van der Waals surface area contributed by atoms with E-state index >= 15 is 0 Å². The van der Waals surface area contributed by atoms with Crippen LogP contribution in [0.5, 0.6) is 0 Å². The number of carbonyl (C=O) groups excluding carboxylic acids is 1. The van der Waals surface area contributed by atoms with Gasteiger partial charge >= 0.3 is 5.69 Å². The van der Waals surface area contributed by atoms with E-state index in [1.165, 1.54) is 0 Å². The van der Waals surface area contributed by atoms with Crippen molar-refractivity contribution in [3.05, 3.63) is 32.6 Å². The van der Waals surface area contributed by atoms with Gasteiger partial charge in [0.1, 0.15) is 5.56 Å². The highest BCUT2D eigenvalue weighted by molar-refractivity contribution is 5.93. The summed E-state index contributed by atoms with van der Waals surface area (Å²) in [6.07, 6.45) is 1.06. The first-order chi connectivity index (χ1) is 6.65. The van der Waals surface area contributed by atoms with E-state index in [9.17, 15) is 14.4 Å². The molecule has 1 amide bonds. The van der Waals surface area contributed by atoms with E-state index in [0.29, 0.717) is 0 Å². The van der Waals surface area contributed by atoms with Crippen molar-refractivity contribution >= 4 is 5.91 Å². The zero-order chi connectivity index (χ0) is 10.6. The fourth-order valence-corrected chi connectivity index (χ4v) is 0.859. The molecule has 0 aliphatic carbocycles. The summed E-state index contributed by atoms with van der Waals surface area (Å²) >= 11 is 0. The maximum atomic E-state index is 11.2. The first kappa shape index (κ1) is 10.2. The van der Waals surface area contributed by atoms with Crippen LogP contribution in [0, 0.1) is 0 Å². The molecule has 1 aromatic rings. The first-order valence-electron chi connectivity index (χ1n) is 3.95. The largest absolute Gasteiger partial charge is 0.351 e. The van der Waals surface area contributed by atoms with Crippen LogP contribution in [-0.2, 0) is 0 Å². The maximum absolute atomic E-state index is 11.2. The topological polar surface area (TPSA) is 121 Å². The highest BCUT2D eigenvalue weighted by Gasteiger charge is 2.09. The smallest absolute Gasteiger partial charge is 0.325 e. The summed E-state index contributed by atoms with van der Waals surface area (Å²) in [5.74, 6) is -0.562. The van der Waals surface area contributed by atoms with Gasteiger partial charge in [-0.15, -0.1) is 0 Å². The Kier molecular flexibility index (Phi) is 3.19. The van der Waals surface area contributed by atoms with Crippen LogP contribution in [0.2, 0.25) is 0 Å². The second kappa shape index (κ2) is 4.38. The van der Waals surface area contributed by atoms with Gasteiger partial charge in [-0.05, 0) is 0 Å². The molecule has 0 unspecified atom stereocenters. The Balaban J connectivity index is 2.91. The van der Waals surface area contributed by atoms with E-state index in [4.69, 9.17) is 5.73 Å². The van der Waals surface area contributed by atoms with Crippen molar-refractivity contribution in [2.75, 3.05) is 13.1 Å². The van der Waals surface area contributed by atoms with Gasteiger partial charge in [0.15, 0.2) is 0 Å². The Morgan fingerprint density at radius 2 is 2.21 bits per heavy atom. The van der Waals surface area contributed by atoms with Crippen molar-refractivity contribution in [1.29, 1.82) is 0 Å². The van der Waals surface area contributed by atoms with Crippen molar-refractivity contribution in [2.24, 2.45) is 5.73 Å². The summed E-state index contributed by atoms with van der Waals surface area (Å²) in [6, 6.07) is 0. The van der Waals surface area contributed by atoms with Crippen LogP contribution in [-0.4, -0.2) is 29.0 Å². The number of aromatic amines is 2. The number of hydrogen-bond donors (Lipinski definition) is 4. The van der Waals surface area contributed by atoms with E-state index in [-0.39, 0.29) is 18.7 Å². The van der Waals surface area contributed by atoms with Crippen LogP contribution in [0.3, 0.4) is 0 Å². The number of aromatic nitrogens is 2. The number of carbonyl (C=O) groups is 1. The maximum Gasteiger partial charge on any atom is 0.325 e. The third-order valence-electron chi connectivity index (χ3n) is 1.49. The molecule has 0 saturated carbocycles. The minimum absolute atomic E-state index is 0.141. The van der Waals surface area contributed by atoms with Crippen LogP contribution in [0.15, 0.2) is 15.8 Å². The molecular formula is C7H10N4O3. The number of amides is 1. The molecule has 0 spiro atoms. The fraction of sp³-hybridized carbons (Fsp3) is 0.286. The molecule has 0 atom stereocenters. The zero-order valence-corrected chi connectivity index (χ0v) is 7.29. The van der Waals surface area contributed by atoms with Gasteiger partial charge < -0.3 is 16.0 Å². The van der Waals surface area contributed by atoms with Crippen molar-refractivity contribution < 1.29 is 4.79 Å².